The van der Waals surface area contributed by atoms with Crippen LogP contribution in [0.15, 0.2) is 0 Å². The van der Waals surface area contributed by atoms with Crippen molar-refractivity contribution >= 4 is 31.0 Å². The van der Waals surface area contributed by atoms with Gasteiger partial charge in [-0.1, -0.05) is 13.8 Å². The third kappa shape index (κ3) is 4.38. The molecule has 17 heavy (non-hydrogen) atoms. The van der Waals surface area contributed by atoms with E-state index in [4.69, 9.17) is 36.8 Å². The maximum Gasteiger partial charge on any atom is 0.474 e. The molecule has 0 N–H and O–H groups in total. The molecule has 0 unspecified atom stereocenters. The smallest absolute Gasteiger partial charge is 0.286 e. The molecule has 0 radical (unpaired) electrons. The number of phosphoric ester groups is 1. The van der Waals surface area contributed by atoms with E-state index in [9.17, 15) is 4.57 Å². The lowest BCUT2D eigenvalue weighted by Crippen LogP contribution is -2.35. The Morgan fingerprint density at radius 2 is 1.88 bits per heavy atom. The minimum Gasteiger partial charge on any atom is -0.286 e. The summed E-state index contributed by atoms with van der Waals surface area (Å²) >= 11 is 11.3. The molecule has 7 heteroatoms. The van der Waals surface area contributed by atoms with Crippen molar-refractivity contribution in [2.24, 2.45) is 5.41 Å². The van der Waals surface area contributed by atoms with Gasteiger partial charge < -0.3 is 0 Å². The quantitative estimate of drug-likeness (QED) is 0.553. The Hall–Kier alpha value is 0.690. The highest BCUT2D eigenvalue weighted by molar-refractivity contribution is 7.48. The normalized spacial score (nSPS) is 24.5. The van der Waals surface area contributed by atoms with Crippen LogP contribution in [-0.4, -0.2) is 31.1 Å². The SMILES string of the molecule is CCC1(CC)COP(=O)(OC[C@H](Cl)CCl)OC1. The van der Waals surface area contributed by atoms with Crippen LogP contribution in [0.1, 0.15) is 26.7 Å². The number of rotatable bonds is 6. The third-order valence-electron chi connectivity index (χ3n) is 3.14. The summed E-state index contributed by atoms with van der Waals surface area (Å²) in [7, 11) is -3.43. The fourth-order valence-electron chi connectivity index (χ4n) is 1.46. The first-order valence-corrected chi connectivity index (χ1v) is 8.16. The van der Waals surface area contributed by atoms with Gasteiger partial charge in [0.2, 0.25) is 0 Å². The van der Waals surface area contributed by atoms with Crippen LogP contribution in [0.4, 0.5) is 0 Å². The molecule has 1 heterocycles. The molecular formula is C10H19Cl2O4P. The molecule has 1 fully saturated rings. The first-order chi connectivity index (χ1) is 7.99. The van der Waals surface area contributed by atoms with Crippen LogP contribution in [0.5, 0.6) is 0 Å². The van der Waals surface area contributed by atoms with Crippen molar-refractivity contribution in [3.63, 3.8) is 0 Å². The minimum absolute atomic E-state index is 0.0515. The minimum atomic E-state index is -3.43. The second kappa shape index (κ2) is 6.74. The van der Waals surface area contributed by atoms with E-state index in [2.05, 4.69) is 13.8 Å². The third-order valence-corrected chi connectivity index (χ3v) is 5.31. The maximum absolute atomic E-state index is 12.0. The largest absolute Gasteiger partial charge is 0.474 e. The van der Waals surface area contributed by atoms with E-state index in [0.29, 0.717) is 13.2 Å². The highest BCUT2D eigenvalue weighted by Gasteiger charge is 2.41. The lowest BCUT2D eigenvalue weighted by molar-refractivity contribution is -0.0208. The fourth-order valence-corrected chi connectivity index (χ4v) is 3.15. The van der Waals surface area contributed by atoms with Crippen molar-refractivity contribution < 1.29 is 18.1 Å². The molecule has 0 aromatic heterocycles. The molecule has 0 saturated carbocycles. The molecule has 0 amide bonds. The Morgan fingerprint density at radius 1 is 1.35 bits per heavy atom. The van der Waals surface area contributed by atoms with Crippen LogP contribution >= 0.6 is 31.0 Å². The van der Waals surface area contributed by atoms with Crippen LogP contribution in [-0.2, 0) is 18.1 Å². The van der Waals surface area contributed by atoms with Crippen molar-refractivity contribution in [2.75, 3.05) is 25.7 Å². The van der Waals surface area contributed by atoms with Crippen molar-refractivity contribution in [3.05, 3.63) is 0 Å². The number of phosphoric acid groups is 1. The first-order valence-electron chi connectivity index (χ1n) is 5.73. The maximum atomic E-state index is 12.0. The predicted octanol–water partition coefficient (Wildman–Crippen LogP) is 3.81. The average Bonchev–Trinajstić information content (AvgIpc) is 2.38. The van der Waals surface area contributed by atoms with Gasteiger partial charge in [0.05, 0.1) is 25.2 Å². The van der Waals surface area contributed by atoms with Crippen molar-refractivity contribution in [1.82, 2.24) is 0 Å². The fraction of sp³-hybridized carbons (Fsp3) is 1.00. The second-order valence-electron chi connectivity index (χ2n) is 4.25. The van der Waals surface area contributed by atoms with Gasteiger partial charge in [0, 0.05) is 11.3 Å². The summed E-state index contributed by atoms with van der Waals surface area (Å²) < 4.78 is 27.6. The second-order valence-corrected chi connectivity index (χ2v) is 6.84. The summed E-state index contributed by atoms with van der Waals surface area (Å²) in [5.74, 6) is 0.232. The highest BCUT2D eigenvalue weighted by Crippen LogP contribution is 2.56. The van der Waals surface area contributed by atoms with Gasteiger partial charge in [-0.3, -0.25) is 13.6 Å². The Morgan fingerprint density at radius 3 is 2.29 bits per heavy atom. The van der Waals surface area contributed by atoms with E-state index in [1.54, 1.807) is 0 Å². The topological polar surface area (TPSA) is 44.8 Å². The molecular weight excluding hydrogens is 286 g/mol. The average molecular weight is 305 g/mol. The molecule has 0 bridgehead atoms. The highest BCUT2D eigenvalue weighted by atomic mass is 35.5. The van der Waals surface area contributed by atoms with Gasteiger partial charge in [0.25, 0.3) is 0 Å². The summed E-state index contributed by atoms with van der Waals surface area (Å²) in [4.78, 5) is 0. The predicted molar refractivity (Wildman–Crippen MR) is 68.8 cm³/mol. The van der Waals surface area contributed by atoms with Crippen LogP contribution in [0.2, 0.25) is 0 Å². The zero-order valence-corrected chi connectivity index (χ0v) is 12.6. The van der Waals surface area contributed by atoms with E-state index in [-0.39, 0.29) is 17.9 Å². The monoisotopic (exact) mass is 304 g/mol. The summed E-state index contributed by atoms with van der Waals surface area (Å²) in [5, 5.41) is -0.390. The standard InChI is InChI=1S/C10H19Cl2O4P/c1-3-10(4-2)7-15-17(13,16-8-10)14-6-9(12)5-11/h9H,3-8H2,1-2H3/t9-/m1/s1. The van der Waals surface area contributed by atoms with Crippen LogP contribution < -0.4 is 0 Å². The van der Waals surface area contributed by atoms with Crippen LogP contribution in [0.25, 0.3) is 0 Å². The molecule has 0 aromatic carbocycles. The number of halogens is 2. The van der Waals surface area contributed by atoms with Crippen molar-refractivity contribution in [1.29, 1.82) is 0 Å². The van der Waals surface area contributed by atoms with E-state index < -0.39 is 13.2 Å². The Labute approximate surface area is 113 Å². The molecule has 0 aliphatic carbocycles. The summed E-state index contributed by atoms with van der Waals surface area (Å²) in [6.45, 7) is 4.98. The molecule has 0 aromatic rings. The Balaban J connectivity index is 2.46. The van der Waals surface area contributed by atoms with Gasteiger partial charge in [-0.2, -0.15) is 0 Å². The van der Waals surface area contributed by atoms with Gasteiger partial charge in [-0.25, -0.2) is 4.57 Å². The number of hydrogen-bond donors (Lipinski definition) is 0. The molecule has 1 aliphatic rings. The summed E-state index contributed by atoms with van der Waals surface area (Å²) in [5.41, 5.74) is -0.0515. The van der Waals surface area contributed by atoms with Gasteiger partial charge >= 0.3 is 7.82 Å². The Bertz CT molecular complexity index is 269. The molecule has 1 saturated heterocycles. The van der Waals surface area contributed by atoms with Gasteiger partial charge in [0.1, 0.15) is 0 Å². The summed E-state index contributed by atoms with van der Waals surface area (Å²) in [6, 6.07) is 0. The number of hydrogen-bond acceptors (Lipinski definition) is 4. The van der Waals surface area contributed by atoms with E-state index in [0.717, 1.165) is 12.8 Å². The van der Waals surface area contributed by atoms with Gasteiger partial charge in [-0.15, -0.1) is 23.2 Å². The van der Waals surface area contributed by atoms with Crippen molar-refractivity contribution in [3.8, 4) is 0 Å². The van der Waals surface area contributed by atoms with Crippen molar-refractivity contribution in [2.45, 2.75) is 32.1 Å². The lowest BCUT2D eigenvalue weighted by Gasteiger charge is -2.37. The van der Waals surface area contributed by atoms with E-state index in [1.807, 2.05) is 0 Å². The number of alkyl halides is 2. The van der Waals surface area contributed by atoms with E-state index in [1.165, 1.54) is 0 Å². The molecule has 4 nitrogen and oxygen atoms in total. The molecule has 1 aliphatic heterocycles. The van der Waals surface area contributed by atoms with Crippen LogP contribution in [0.3, 0.4) is 0 Å². The summed E-state index contributed by atoms with van der Waals surface area (Å²) in [6.07, 6.45) is 1.84. The lowest BCUT2D eigenvalue weighted by atomic mass is 9.84. The van der Waals surface area contributed by atoms with Gasteiger partial charge in [-0.05, 0) is 12.8 Å². The molecule has 1 rings (SSSR count). The molecule has 0 spiro atoms. The first kappa shape index (κ1) is 15.7. The zero-order chi connectivity index (χ0) is 12.9. The molecule has 102 valence electrons. The van der Waals surface area contributed by atoms with E-state index >= 15 is 0 Å². The zero-order valence-electron chi connectivity index (χ0n) is 10.2. The molecule has 1 atom stereocenters. The van der Waals surface area contributed by atoms with Gasteiger partial charge in [0.15, 0.2) is 0 Å². The Kier molecular flexibility index (Phi) is 6.24. The van der Waals surface area contributed by atoms with Crippen LogP contribution in [0, 0.1) is 5.41 Å².